The van der Waals surface area contributed by atoms with Crippen LogP contribution >= 0.6 is 11.6 Å². The van der Waals surface area contributed by atoms with Crippen LogP contribution in [0.3, 0.4) is 0 Å². The summed E-state index contributed by atoms with van der Waals surface area (Å²) in [6.45, 7) is 5.25. The molecule has 0 bridgehead atoms. The molecule has 3 atom stereocenters. The topological polar surface area (TPSA) is 69.7 Å². The summed E-state index contributed by atoms with van der Waals surface area (Å²) in [5.74, 6) is -4.21. The smallest absolute Gasteiger partial charge is 0.321 e. The largest absolute Gasteiger partial charge is 0.465 e. The average Bonchev–Trinajstić information content (AvgIpc) is 2.92. The second kappa shape index (κ2) is 8.37. The molecule has 5 nitrogen and oxygen atoms in total. The Morgan fingerprint density at radius 3 is 2.31 bits per heavy atom. The van der Waals surface area contributed by atoms with Crippen molar-refractivity contribution in [2.24, 2.45) is 11.8 Å². The number of esters is 2. The summed E-state index contributed by atoms with van der Waals surface area (Å²) in [4.78, 5) is 38.8. The molecule has 0 aliphatic carbocycles. The SMILES string of the molecule is CCOC(=O)[C@H]1C(=O)OC(C)(C)[C@H]1[C@H](C(=O)c1ccc(Cl)cc1)c1ccccc1. The quantitative estimate of drug-likeness (QED) is 0.397. The van der Waals surface area contributed by atoms with Crippen LogP contribution in [0.15, 0.2) is 54.6 Å². The molecule has 1 aliphatic heterocycles. The maximum absolute atomic E-state index is 13.6. The molecule has 0 radical (unpaired) electrons. The number of carbonyl (C=O) groups is 3. The molecule has 0 N–H and O–H groups in total. The van der Waals surface area contributed by atoms with E-state index in [2.05, 4.69) is 0 Å². The lowest BCUT2D eigenvalue weighted by Crippen LogP contribution is -2.41. The van der Waals surface area contributed by atoms with E-state index in [4.69, 9.17) is 21.1 Å². The van der Waals surface area contributed by atoms with Gasteiger partial charge in [-0.15, -0.1) is 0 Å². The lowest BCUT2D eigenvalue weighted by molar-refractivity contribution is -0.157. The molecule has 152 valence electrons. The van der Waals surface area contributed by atoms with Crippen LogP contribution in [0.5, 0.6) is 0 Å². The summed E-state index contributed by atoms with van der Waals surface area (Å²) in [5.41, 5.74) is 0.121. The van der Waals surface area contributed by atoms with Crippen molar-refractivity contribution in [3.05, 3.63) is 70.7 Å². The van der Waals surface area contributed by atoms with Crippen molar-refractivity contribution in [2.75, 3.05) is 6.61 Å². The second-order valence-electron chi connectivity index (χ2n) is 7.54. The minimum Gasteiger partial charge on any atom is -0.465 e. The van der Waals surface area contributed by atoms with Crippen molar-refractivity contribution >= 4 is 29.3 Å². The van der Waals surface area contributed by atoms with Crippen molar-refractivity contribution in [1.82, 2.24) is 0 Å². The predicted molar refractivity (Wildman–Crippen MR) is 109 cm³/mol. The molecule has 1 heterocycles. The summed E-state index contributed by atoms with van der Waals surface area (Å²) in [5, 5.41) is 0.516. The first-order valence-electron chi connectivity index (χ1n) is 9.50. The molecule has 6 heteroatoms. The highest BCUT2D eigenvalue weighted by atomic mass is 35.5. The van der Waals surface area contributed by atoms with Gasteiger partial charge in [0.05, 0.1) is 12.5 Å². The molecule has 0 amide bonds. The first-order chi connectivity index (χ1) is 13.8. The van der Waals surface area contributed by atoms with Gasteiger partial charge in [-0.1, -0.05) is 41.9 Å². The minimum absolute atomic E-state index is 0.136. The van der Waals surface area contributed by atoms with E-state index in [0.717, 1.165) is 0 Å². The summed E-state index contributed by atoms with van der Waals surface area (Å²) >= 11 is 5.97. The Kier molecular flexibility index (Phi) is 6.08. The molecule has 1 saturated heterocycles. The Morgan fingerprint density at radius 2 is 1.72 bits per heavy atom. The van der Waals surface area contributed by atoms with Crippen LogP contribution in [0.2, 0.25) is 5.02 Å². The second-order valence-corrected chi connectivity index (χ2v) is 7.98. The van der Waals surface area contributed by atoms with Gasteiger partial charge >= 0.3 is 11.9 Å². The van der Waals surface area contributed by atoms with Crippen molar-refractivity contribution in [1.29, 1.82) is 0 Å². The normalized spacial score (nSPS) is 21.3. The van der Waals surface area contributed by atoms with Gasteiger partial charge in [-0.3, -0.25) is 14.4 Å². The third-order valence-corrected chi connectivity index (χ3v) is 5.50. The summed E-state index contributed by atoms with van der Waals surface area (Å²) in [6, 6.07) is 15.7. The molecule has 1 aliphatic rings. The first kappa shape index (κ1) is 21.1. The molecule has 1 fully saturated rings. The molecular weight excluding hydrogens is 392 g/mol. The van der Waals surface area contributed by atoms with Crippen molar-refractivity contribution in [2.45, 2.75) is 32.3 Å². The van der Waals surface area contributed by atoms with Crippen LogP contribution in [0, 0.1) is 11.8 Å². The highest BCUT2D eigenvalue weighted by molar-refractivity contribution is 6.30. The van der Waals surface area contributed by atoms with Crippen LogP contribution in [0.1, 0.15) is 42.6 Å². The molecule has 0 spiro atoms. The molecule has 29 heavy (non-hydrogen) atoms. The van der Waals surface area contributed by atoms with Gasteiger partial charge in [0.25, 0.3) is 0 Å². The van der Waals surface area contributed by atoms with E-state index in [1.54, 1.807) is 45.0 Å². The molecule has 0 aromatic heterocycles. The average molecular weight is 415 g/mol. The number of hydrogen-bond acceptors (Lipinski definition) is 5. The van der Waals surface area contributed by atoms with E-state index in [1.165, 1.54) is 0 Å². The van der Waals surface area contributed by atoms with Crippen LogP contribution < -0.4 is 0 Å². The highest BCUT2D eigenvalue weighted by Crippen LogP contribution is 2.47. The van der Waals surface area contributed by atoms with Gasteiger partial charge in [-0.25, -0.2) is 0 Å². The number of cyclic esters (lactones) is 1. The van der Waals surface area contributed by atoms with E-state index in [-0.39, 0.29) is 12.4 Å². The molecule has 2 aromatic rings. The lowest BCUT2D eigenvalue weighted by atomic mass is 9.69. The van der Waals surface area contributed by atoms with Crippen LogP contribution in [0.4, 0.5) is 0 Å². The minimum atomic E-state index is -1.17. The monoisotopic (exact) mass is 414 g/mol. The molecule has 2 aromatic carbocycles. The van der Waals surface area contributed by atoms with Gasteiger partial charge in [-0.05, 0) is 50.6 Å². The van der Waals surface area contributed by atoms with E-state index in [1.807, 2.05) is 30.3 Å². The van der Waals surface area contributed by atoms with E-state index in [9.17, 15) is 14.4 Å². The Bertz CT molecular complexity index is 905. The predicted octanol–water partition coefficient (Wildman–Crippen LogP) is 4.44. The highest BCUT2D eigenvalue weighted by Gasteiger charge is 2.58. The van der Waals surface area contributed by atoms with Gasteiger partial charge in [-0.2, -0.15) is 0 Å². The van der Waals surface area contributed by atoms with Crippen molar-refractivity contribution in [3.8, 4) is 0 Å². The number of carbonyl (C=O) groups excluding carboxylic acids is 3. The maximum atomic E-state index is 13.6. The molecule has 3 rings (SSSR count). The number of hydrogen-bond donors (Lipinski definition) is 0. The lowest BCUT2D eigenvalue weighted by Gasteiger charge is -2.33. The van der Waals surface area contributed by atoms with Crippen LogP contribution in [-0.4, -0.2) is 29.9 Å². The fourth-order valence-corrected chi connectivity index (χ4v) is 4.11. The van der Waals surface area contributed by atoms with E-state index >= 15 is 0 Å². The molecule has 0 unspecified atom stereocenters. The number of rotatable bonds is 6. The van der Waals surface area contributed by atoms with Crippen molar-refractivity contribution in [3.63, 3.8) is 0 Å². The Labute approximate surface area is 175 Å². The first-order valence-corrected chi connectivity index (χ1v) is 9.88. The van der Waals surface area contributed by atoms with Crippen LogP contribution in [0.25, 0.3) is 0 Å². The van der Waals surface area contributed by atoms with Gasteiger partial charge in [0.2, 0.25) is 0 Å². The maximum Gasteiger partial charge on any atom is 0.321 e. The van der Waals surface area contributed by atoms with Gasteiger partial charge in [0, 0.05) is 16.5 Å². The number of ketones is 1. The zero-order chi connectivity index (χ0) is 21.2. The summed E-state index contributed by atoms with van der Waals surface area (Å²) < 4.78 is 10.7. The number of benzene rings is 2. The molecule has 0 saturated carbocycles. The zero-order valence-electron chi connectivity index (χ0n) is 16.6. The Hall–Kier alpha value is -2.66. The van der Waals surface area contributed by atoms with Gasteiger partial charge < -0.3 is 9.47 Å². The number of ether oxygens (including phenoxy) is 2. The number of Topliss-reactive ketones (excluding diaryl/α,β-unsaturated/α-hetero) is 1. The summed E-state index contributed by atoms with van der Waals surface area (Å²) in [6.07, 6.45) is 0. The number of halogens is 1. The zero-order valence-corrected chi connectivity index (χ0v) is 17.3. The van der Waals surface area contributed by atoms with Crippen LogP contribution in [-0.2, 0) is 19.1 Å². The molecular formula is C23H23ClO5. The third kappa shape index (κ3) is 4.20. The third-order valence-electron chi connectivity index (χ3n) is 5.25. The fourth-order valence-electron chi connectivity index (χ4n) is 3.98. The van der Waals surface area contributed by atoms with Crippen molar-refractivity contribution < 1.29 is 23.9 Å². The fraction of sp³-hybridized carbons (Fsp3) is 0.348. The van der Waals surface area contributed by atoms with E-state index < -0.39 is 35.3 Å². The van der Waals surface area contributed by atoms with Gasteiger partial charge in [0.15, 0.2) is 11.7 Å². The summed E-state index contributed by atoms with van der Waals surface area (Å²) in [7, 11) is 0. The Balaban J connectivity index is 2.13. The standard InChI is InChI=1S/C23H23ClO5/c1-4-28-21(26)18-19(23(2,3)29-22(18)27)17(14-8-6-5-7-9-14)20(25)15-10-12-16(24)13-11-15/h5-13,17-19H,4H2,1-3H3/t17-,18+,19+/m1/s1. The Morgan fingerprint density at radius 1 is 1.10 bits per heavy atom. The van der Waals surface area contributed by atoms with E-state index in [0.29, 0.717) is 16.1 Å². The van der Waals surface area contributed by atoms with Gasteiger partial charge in [0.1, 0.15) is 5.60 Å².